The van der Waals surface area contributed by atoms with E-state index in [1.165, 1.54) is 12.1 Å². The van der Waals surface area contributed by atoms with Gasteiger partial charge in [-0.2, -0.15) is 17.6 Å². The first-order valence-electron chi connectivity index (χ1n) is 8.19. The number of nitrogens with one attached hydrogen (secondary N) is 1. The minimum Gasteiger partial charge on any atom is -0.428 e. The highest BCUT2D eigenvalue weighted by atomic mass is 35.5. The van der Waals surface area contributed by atoms with Gasteiger partial charge in [0.1, 0.15) is 5.75 Å². The van der Waals surface area contributed by atoms with Crippen LogP contribution in [0.1, 0.15) is 31.9 Å². The molecule has 0 radical (unpaired) electrons. The summed E-state index contributed by atoms with van der Waals surface area (Å²) in [5.41, 5.74) is 0.813. The molecule has 2 rings (SSSR count). The topological polar surface area (TPSA) is 24.5 Å². The normalized spacial score (nSPS) is 17.4. The number of piperazine rings is 1. The molecule has 0 unspecified atom stereocenters. The molecule has 0 bridgehead atoms. The summed E-state index contributed by atoms with van der Waals surface area (Å²) in [5.74, 6) is 0.179. The van der Waals surface area contributed by atoms with Crippen molar-refractivity contribution in [1.29, 1.82) is 0 Å². The molecule has 1 atom stereocenters. The molecule has 1 aromatic carbocycles. The Bertz CT molecular complexity index is 525. The van der Waals surface area contributed by atoms with Crippen molar-refractivity contribution >= 4 is 12.4 Å². The number of hydrogen-bond acceptors (Lipinski definition) is 3. The van der Waals surface area contributed by atoms with Crippen LogP contribution < -0.4 is 10.1 Å². The average Bonchev–Trinajstić information content (AvgIpc) is 2.53. The fourth-order valence-corrected chi connectivity index (χ4v) is 2.92. The third kappa shape index (κ3) is 6.31. The Morgan fingerprint density at radius 3 is 2.40 bits per heavy atom. The van der Waals surface area contributed by atoms with E-state index in [1.807, 2.05) is 6.07 Å². The highest BCUT2D eigenvalue weighted by Gasteiger charge is 2.44. The van der Waals surface area contributed by atoms with Gasteiger partial charge in [0.15, 0.2) is 0 Å². The van der Waals surface area contributed by atoms with E-state index in [4.69, 9.17) is 0 Å². The van der Waals surface area contributed by atoms with Crippen LogP contribution in [0, 0.1) is 5.92 Å². The van der Waals surface area contributed by atoms with Gasteiger partial charge in [-0.25, -0.2) is 0 Å². The summed E-state index contributed by atoms with van der Waals surface area (Å²) in [6.45, 7) is 7.65. The maximum absolute atomic E-state index is 13.1. The van der Waals surface area contributed by atoms with Crippen LogP contribution in [0.2, 0.25) is 0 Å². The minimum atomic E-state index is -4.48. The van der Waals surface area contributed by atoms with Crippen molar-refractivity contribution < 1.29 is 22.3 Å². The number of hydrogen-bond donors (Lipinski definition) is 1. The third-order valence-electron chi connectivity index (χ3n) is 4.04. The van der Waals surface area contributed by atoms with E-state index in [0.717, 1.165) is 38.2 Å². The fraction of sp³-hybridized carbons (Fsp3) is 0.647. The summed E-state index contributed by atoms with van der Waals surface area (Å²) in [4.78, 5) is 2.29. The monoisotopic (exact) mass is 384 g/mol. The quantitative estimate of drug-likeness (QED) is 0.708. The minimum absolute atomic E-state index is 0. The van der Waals surface area contributed by atoms with Crippen LogP contribution in [0.15, 0.2) is 24.3 Å². The van der Waals surface area contributed by atoms with Crippen molar-refractivity contribution in [2.24, 2.45) is 5.92 Å². The summed E-state index contributed by atoms with van der Waals surface area (Å²) in [6.07, 6.45) is -7.49. The van der Waals surface area contributed by atoms with E-state index >= 15 is 0 Å². The van der Waals surface area contributed by atoms with Gasteiger partial charge >= 0.3 is 12.5 Å². The summed E-state index contributed by atoms with van der Waals surface area (Å²) in [5, 5.41) is 3.28. The maximum atomic E-state index is 13.1. The van der Waals surface area contributed by atoms with Gasteiger partial charge in [0, 0.05) is 32.2 Å². The lowest BCUT2D eigenvalue weighted by Gasteiger charge is -2.36. The van der Waals surface area contributed by atoms with Crippen LogP contribution >= 0.6 is 12.4 Å². The smallest absolute Gasteiger partial charge is 0.428 e. The lowest BCUT2D eigenvalue weighted by Crippen LogP contribution is -2.45. The summed E-state index contributed by atoms with van der Waals surface area (Å²) in [6, 6.07) is 6.19. The zero-order chi connectivity index (χ0) is 17.7. The molecule has 1 heterocycles. The molecule has 0 amide bonds. The van der Waals surface area contributed by atoms with Gasteiger partial charge in [0.05, 0.1) is 0 Å². The molecule has 1 aromatic rings. The molecule has 1 aliphatic heterocycles. The van der Waals surface area contributed by atoms with E-state index in [2.05, 4.69) is 28.8 Å². The number of alkyl halides is 4. The van der Waals surface area contributed by atoms with E-state index in [0.29, 0.717) is 5.92 Å². The van der Waals surface area contributed by atoms with Gasteiger partial charge < -0.3 is 10.1 Å². The molecule has 8 heteroatoms. The Morgan fingerprint density at radius 1 is 1.20 bits per heavy atom. The van der Waals surface area contributed by atoms with Crippen molar-refractivity contribution in [3.05, 3.63) is 29.8 Å². The zero-order valence-electron chi connectivity index (χ0n) is 14.4. The van der Waals surface area contributed by atoms with Gasteiger partial charge in [-0.15, -0.1) is 12.4 Å². The molecular weight excluding hydrogens is 360 g/mol. The Labute approximate surface area is 152 Å². The third-order valence-corrected chi connectivity index (χ3v) is 4.04. The fourth-order valence-electron chi connectivity index (χ4n) is 2.92. The highest BCUT2D eigenvalue weighted by molar-refractivity contribution is 5.85. The predicted molar refractivity (Wildman–Crippen MR) is 91.9 cm³/mol. The number of halogens is 5. The summed E-state index contributed by atoms with van der Waals surface area (Å²) >= 11 is 0. The van der Waals surface area contributed by atoms with Gasteiger partial charge in [0.25, 0.3) is 0 Å². The number of nitrogens with zero attached hydrogens (tertiary/aromatic N) is 1. The molecule has 0 aromatic heterocycles. The molecule has 1 saturated heterocycles. The second kappa shape index (κ2) is 9.59. The molecule has 144 valence electrons. The zero-order valence-corrected chi connectivity index (χ0v) is 15.2. The van der Waals surface area contributed by atoms with Gasteiger partial charge in [-0.3, -0.25) is 4.90 Å². The second-order valence-corrected chi connectivity index (χ2v) is 6.47. The van der Waals surface area contributed by atoms with Gasteiger partial charge in [-0.1, -0.05) is 26.0 Å². The molecule has 0 spiro atoms. The van der Waals surface area contributed by atoms with Crippen LogP contribution in [0.25, 0.3) is 0 Å². The van der Waals surface area contributed by atoms with Crippen molar-refractivity contribution in [1.82, 2.24) is 10.2 Å². The van der Waals surface area contributed by atoms with Crippen molar-refractivity contribution in [2.45, 2.75) is 38.8 Å². The summed E-state index contributed by atoms with van der Waals surface area (Å²) < 4.78 is 55.2. The lowest BCUT2D eigenvalue weighted by molar-refractivity contribution is -0.253. The highest BCUT2D eigenvalue weighted by Crippen LogP contribution is 2.33. The molecule has 3 nitrogen and oxygen atoms in total. The van der Waals surface area contributed by atoms with Crippen molar-refractivity contribution in [3.63, 3.8) is 0 Å². The van der Waals surface area contributed by atoms with E-state index in [9.17, 15) is 17.6 Å². The van der Waals surface area contributed by atoms with Crippen LogP contribution in [0.5, 0.6) is 5.75 Å². The largest absolute Gasteiger partial charge is 0.461 e. The molecule has 1 aliphatic rings. The molecule has 1 N–H and O–H groups in total. The Hall–Kier alpha value is -1.05. The summed E-state index contributed by atoms with van der Waals surface area (Å²) in [7, 11) is 0. The predicted octanol–water partition coefficient (Wildman–Crippen LogP) is 4.34. The number of ether oxygens (including phenoxy) is 1. The number of rotatable bonds is 7. The first-order chi connectivity index (χ1) is 11.3. The standard InChI is InChI=1S/C17H24F4N2O.ClH/c1-12(2)10-15(23-8-6-22-7-9-23)13-4-3-5-14(11-13)24-17(20,21)16(18)19;/h3-5,11-12,15-16,22H,6-10H2,1-2H3;1H/t15-;/m1./s1. The van der Waals surface area contributed by atoms with Crippen LogP contribution in [-0.4, -0.2) is 43.6 Å². The van der Waals surface area contributed by atoms with Crippen LogP contribution in [0.4, 0.5) is 17.6 Å². The lowest BCUT2D eigenvalue weighted by atomic mass is 9.95. The Morgan fingerprint density at radius 2 is 1.84 bits per heavy atom. The molecule has 0 saturated carbocycles. The van der Waals surface area contributed by atoms with Gasteiger partial charge in [0.2, 0.25) is 0 Å². The SMILES string of the molecule is CC(C)C[C@H](c1cccc(OC(F)(F)C(F)F)c1)N1CCNCC1.Cl. The average molecular weight is 385 g/mol. The maximum Gasteiger partial charge on any atom is 0.461 e. The van der Waals surface area contributed by atoms with Crippen LogP contribution in [-0.2, 0) is 0 Å². The first-order valence-corrected chi connectivity index (χ1v) is 8.19. The van der Waals surface area contributed by atoms with Gasteiger partial charge in [-0.05, 0) is 30.0 Å². The van der Waals surface area contributed by atoms with E-state index < -0.39 is 12.5 Å². The second-order valence-electron chi connectivity index (χ2n) is 6.47. The first kappa shape index (κ1) is 22.0. The molecular formula is C17H25ClF4N2O. The van der Waals surface area contributed by atoms with Crippen molar-refractivity contribution in [2.75, 3.05) is 26.2 Å². The number of benzene rings is 1. The molecule has 0 aliphatic carbocycles. The molecule has 25 heavy (non-hydrogen) atoms. The van der Waals surface area contributed by atoms with E-state index in [-0.39, 0.29) is 24.2 Å². The van der Waals surface area contributed by atoms with Crippen LogP contribution in [0.3, 0.4) is 0 Å². The Balaban J connectivity index is 0.00000312. The Kier molecular flexibility index (Phi) is 8.44. The molecule has 1 fully saturated rings. The van der Waals surface area contributed by atoms with Crippen molar-refractivity contribution in [3.8, 4) is 5.75 Å². The van der Waals surface area contributed by atoms with E-state index in [1.54, 1.807) is 6.07 Å².